The predicted octanol–water partition coefficient (Wildman–Crippen LogP) is 3.97. The number of hydrogen-bond acceptors (Lipinski definition) is 6. The lowest BCUT2D eigenvalue weighted by molar-refractivity contribution is -0.150. The van der Waals surface area contributed by atoms with E-state index < -0.39 is 5.60 Å². The van der Waals surface area contributed by atoms with Gasteiger partial charge in [-0.05, 0) is 42.5 Å². The molecule has 0 N–H and O–H groups in total. The quantitative estimate of drug-likeness (QED) is 0.660. The van der Waals surface area contributed by atoms with Gasteiger partial charge in [-0.1, -0.05) is 18.2 Å². The fourth-order valence-electron chi connectivity index (χ4n) is 3.82. The van der Waals surface area contributed by atoms with Crippen LogP contribution in [0.3, 0.4) is 0 Å². The van der Waals surface area contributed by atoms with Crippen molar-refractivity contribution < 1.29 is 28.5 Å². The minimum Gasteiger partial charge on any atom is -0.493 e. The molecule has 0 aromatic heterocycles. The Kier molecular flexibility index (Phi) is 4.94. The number of ketones is 1. The van der Waals surface area contributed by atoms with Gasteiger partial charge in [-0.15, -0.1) is 0 Å². The first-order valence-electron chi connectivity index (χ1n) is 9.70. The zero-order valence-electron chi connectivity index (χ0n) is 16.9. The number of fused-ring (bicyclic) bond motifs is 1. The monoisotopic (exact) mass is 396 g/mol. The molecule has 0 spiro atoms. The Labute approximate surface area is 169 Å². The molecule has 0 heterocycles. The fourth-order valence-corrected chi connectivity index (χ4v) is 3.82. The smallest absolute Gasteiger partial charge is 0.303 e. The van der Waals surface area contributed by atoms with Crippen LogP contribution in [0.1, 0.15) is 42.1 Å². The number of hydrogen-bond donors (Lipinski definition) is 0. The van der Waals surface area contributed by atoms with Crippen LogP contribution in [0.15, 0.2) is 30.3 Å². The summed E-state index contributed by atoms with van der Waals surface area (Å²) in [6.45, 7) is 1.65. The van der Waals surface area contributed by atoms with E-state index in [1.54, 1.807) is 14.2 Å². The first-order valence-corrected chi connectivity index (χ1v) is 9.70. The van der Waals surface area contributed by atoms with Crippen LogP contribution in [0.5, 0.6) is 17.2 Å². The third kappa shape index (κ3) is 3.67. The molecule has 2 aliphatic rings. The zero-order chi connectivity index (χ0) is 20.6. The molecular weight excluding hydrogens is 372 g/mol. The van der Waals surface area contributed by atoms with Crippen LogP contribution in [0.25, 0.3) is 11.1 Å². The predicted molar refractivity (Wildman–Crippen MR) is 107 cm³/mol. The Morgan fingerprint density at radius 2 is 1.76 bits per heavy atom. The molecule has 0 aliphatic heterocycles. The van der Waals surface area contributed by atoms with E-state index in [0.29, 0.717) is 23.7 Å². The number of ether oxygens (including phenoxy) is 4. The van der Waals surface area contributed by atoms with Crippen LogP contribution >= 0.6 is 0 Å². The van der Waals surface area contributed by atoms with Crippen molar-refractivity contribution in [3.05, 3.63) is 41.5 Å². The van der Waals surface area contributed by atoms with E-state index in [1.165, 1.54) is 6.92 Å². The summed E-state index contributed by atoms with van der Waals surface area (Å²) in [6, 6.07) is 9.59. The van der Waals surface area contributed by atoms with Crippen molar-refractivity contribution in [3.8, 4) is 28.4 Å². The summed E-state index contributed by atoms with van der Waals surface area (Å²) < 4.78 is 22.6. The average Bonchev–Trinajstić information content (AvgIpc) is 3.37. The maximum absolute atomic E-state index is 12.0. The highest BCUT2D eigenvalue weighted by Crippen LogP contribution is 2.47. The van der Waals surface area contributed by atoms with Gasteiger partial charge in [-0.25, -0.2) is 0 Å². The molecule has 0 unspecified atom stereocenters. The number of rotatable bonds is 7. The fraction of sp³-hybridized carbons (Fsp3) is 0.391. The van der Waals surface area contributed by atoms with Crippen LogP contribution in [-0.2, 0) is 16.0 Å². The second-order valence-electron chi connectivity index (χ2n) is 7.54. The van der Waals surface area contributed by atoms with Crippen LogP contribution in [0.4, 0.5) is 0 Å². The van der Waals surface area contributed by atoms with Crippen molar-refractivity contribution in [3.63, 3.8) is 0 Å². The van der Waals surface area contributed by atoms with Crippen molar-refractivity contribution in [1.29, 1.82) is 0 Å². The minimum atomic E-state index is -0.568. The van der Waals surface area contributed by atoms with Crippen molar-refractivity contribution in [2.24, 2.45) is 0 Å². The Hall–Kier alpha value is -3.02. The van der Waals surface area contributed by atoms with Gasteiger partial charge in [-0.3, -0.25) is 9.59 Å². The lowest BCUT2D eigenvalue weighted by Crippen LogP contribution is -2.26. The van der Waals surface area contributed by atoms with Crippen molar-refractivity contribution in [1.82, 2.24) is 0 Å². The maximum atomic E-state index is 12.0. The Bertz CT molecular complexity index is 974. The van der Waals surface area contributed by atoms with Gasteiger partial charge in [0.1, 0.15) is 12.2 Å². The van der Waals surface area contributed by atoms with Crippen LogP contribution in [0, 0.1) is 0 Å². The lowest BCUT2D eigenvalue weighted by Gasteiger charge is -2.21. The molecule has 2 aliphatic carbocycles. The summed E-state index contributed by atoms with van der Waals surface area (Å²) in [5.74, 6) is 1.45. The molecule has 29 heavy (non-hydrogen) atoms. The highest BCUT2D eigenvalue weighted by molar-refractivity contribution is 6.01. The number of esters is 1. The minimum absolute atomic E-state index is 0.187. The average molecular weight is 396 g/mol. The van der Waals surface area contributed by atoms with Crippen molar-refractivity contribution >= 4 is 11.8 Å². The summed E-state index contributed by atoms with van der Waals surface area (Å²) in [5.41, 5.74) is 3.05. The first-order chi connectivity index (χ1) is 14.0. The zero-order valence-corrected chi connectivity index (χ0v) is 16.9. The van der Waals surface area contributed by atoms with E-state index in [-0.39, 0.29) is 18.4 Å². The topological polar surface area (TPSA) is 71.1 Å². The highest BCUT2D eigenvalue weighted by atomic mass is 16.6. The third-order valence-corrected chi connectivity index (χ3v) is 5.49. The lowest BCUT2D eigenvalue weighted by atomic mass is 9.99. The Morgan fingerprint density at radius 3 is 2.41 bits per heavy atom. The second-order valence-corrected chi connectivity index (χ2v) is 7.54. The molecule has 2 aromatic carbocycles. The van der Waals surface area contributed by atoms with Gasteiger partial charge in [0, 0.05) is 24.5 Å². The number of benzene rings is 2. The molecule has 6 heteroatoms. The van der Waals surface area contributed by atoms with Crippen LogP contribution in [0.2, 0.25) is 0 Å². The number of methoxy groups -OCH3 is 2. The van der Waals surface area contributed by atoms with E-state index in [1.807, 2.05) is 30.3 Å². The number of aryl methyl sites for hydroxylation is 1. The third-order valence-electron chi connectivity index (χ3n) is 5.49. The van der Waals surface area contributed by atoms with Gasteiger partial charge in [-0.2, -0.15) is 0 Å². The normalized spacial score (nSPS) is 16.2. The van der Waals surface area contributed by atoms with Gasteiger partial charge in [0.05, 0.1) is 14.2 Å². The molecular formula is C23H24O6. The molecule has 0 radical (unpaired) electrons. The molecule has 0 amide bonds. The number of carbonyl (C=O) groups excluding carboxylic acids is 2. The van der Waals surface area contributed by atoms with E-state index in [9.17, 15) is 9.59 Å². The molecule has 2 aromatic rings. The maximum Gasteiger partial charge on any atom is 0.303 e. The largest absolute Gasteiger partial charge is 0.493 e. The molecule has 6 nitrogen and oxygen atoms in total. The van der Waals surface area contributed by atoms with E-state index in [2.05, 4.69) is 0 Å². The molecule has 4 rings (SSSR count). The SMILES string of the molecule is COc1ccc(-c2ccc3c(c2)CCC3=O)c(OCC2(OC(C)=O)CC2)c1OC. The van der Waals surface area contributed by atoms with Crippen molar-refractivity contribution in [2.45, 2.75) is 38.2 Å². The molecule has 0 atom stereocenters. The van der Waals surface area contributed by atoms with Crippen LogP contribution < -0.4 is 14.2 Å². The van der Waals surface area contributed by atoms with Gasteiger partial charge in [0.15, 0.2) is 17.3 Å². The van der Waals surface area contributed by atoms with E-state index >= 15 is 0 Å². The van der Waals surface area contributed by atoms with Gasteiger partial charge < -0.3 is 18.9 Å². The summed E-state index contributed by atoms with van der Waals surface area (Å²) >= 11 is 0. The first kappa shape index (κ1) is 19.3. The molecule has 1 saturated carbocycles. The van der Waals surface area contributed by atoms with Gasteiger partial charge in [0.25, 0.3) is 0 Å². The molecule has 1 fully saturated rings. The second kappa shape index (κ2) is 7.43. The van der Waals surface area contributed by atoms with Crippen molar-refractivity contribution in [2.75, 3.05) is 20.8 Å². The molecule has 152 valence electrons. The van der Waals surface area contributed by atoms with Crippen LogP contribution in [-0.4, -0.2) is 38.2 Å². The summed E-state index contributed by atoms with van der Waals surface area (Å²) in [4.78, 5) is 23.4. The molecule has 0 saturated heterocycles. The standard InChI is InChI=1S/C23H24O6/c1-14(24)29-23(10-11-23)13-28-21-18(7-9-20(26-2)22(21)27-3)16-4-6-17-15(12-16)5-8-19(17)25/h4,6-7,9,12H,5,8,10-11,13H2,1-3H3. The highest BCUT2D eigenvalue weighted by Gasteiger charge is 2.47. The summed E-state index contributed by atoms with van der Waals surface area (Å²) in [6.07, 6.45) is 2.85. The van der Waals surface area contributed by atoms with Gasteiger partial charge >= 0.3 is 5.97 Å². The van der Waals surface area contributed by atoms with E-state index in [0.717, 1.165) is 41.5 Å². The van der Waals surface area contributed by atoms with E-state index in [4.69, 9.17) is 18.9 Å². The summed E-state index contributed by atoms with van der Waals surface area (Å²) in [7, 11) is 3.14. The Balaban J connectivity index is 1.72. The number of carbonyl (C=O) groups is 2. The Morgan fingerprint density at radius 1 is 1.00 bits per heavy atom. The van der Waals surface area contributed by atoms with Gasteiger partial charge in [0.2, 0.25) is 5.75 Å². The molecule has 0 bridgehead atoms. The number of Topliss-reactive ketones (excluding diaryl/α,β-unsaturated/α-hetero) is 1. The summed E-state index contributed by atoms with van der Waals surface area (Å²) in [5, 5.41) is 0.